The molecule has 1 atom stereocenters. The summed E-state index contributed by atoms with van der Waals surface area (Å²) in [5.41, 5.74) is 7.53. The van der Waals surface area contributed by atoms with Crippen LogP contribution in [0, 0.1) is 13.8 Å². The minimum absolute atomic E-state index is 0.142. The smallest absolute Gasteiger partial charge is 0.355 e. The van der Waals surface area contributed by atoms with Gasteiger partial charge in [0.15, 0.2) is 11.9 Å². The van der Waals surface area contributed by atoms with Gasteiger partial charge in [-0.2, -0.15) is 0 Å². The summed E-state index contributed by atoms with van der Waals surface area (Å²) < 4.78 is 5.19. The van der Waals surface area contributed by atoms with Gasteiger partial charge in [0, 0.05) is 22.5 Å². The predicted octanol–water partition coefficient (Wildman–Crippen LogP) is 2.12. The Balaban J connectivity index is 2.05. The molecule has 1 aromatic carbocycles. The van der Waals surface area contributed by atoms with E-state index in [1.807, 2.05) is 0 Å². The van der Waals surface area contributed by atoms with E-state index in [4.69, 9.17) is 10.5 Å². The first kappa shape index (κ1) is 19.9. The molecule has 1 heterocycles. The fourth-order valence-corrected chi connectivity index (χ4v) is 2.72. The van der Waals surface area contributed by atoms with Crippen molar-refractivity contribution < 1.29 is 23.9 Å². The number of nitrogens with two attached hydrogens (primary N) is 1. The Labute approximate surface area is 156 Å². The molecule has 0 aliphatic rings. The van der Waals surface area contributed by atoms with Crippen molar-refractivity contribution in [3.8, 4) is 0 Å². The first-order valence-electron chi connectivity index (χ1n) is 8.23. The Morgan fingerprint density at radius 3 is 2.19 bits per heavy atom. The number of esters is 1. The van der Waals surface area contributed by atoms with Crippen LogP contribution in [0.1, 0.15) is 56.3 Å². The fourth-order valence-electron chi connectivity index (χ4n) is 2.72. The van der Waals surface area contributed by atoms with Crippen molar-refractivity contribution in [1.82, 2.24) is 4.98 Å². The van der Waals surface area contributed by atoms with Gasteiger partial charge in [-0.15, -0.1) is 0 Å². The number of anilines is 1. The van der Waals surface area contributed by atoms with E-state index >= 15 is 0 Å². The summed E-state index contributed by atoms with van der Waals surface area (Å²) in [6.45, 7) is 6.17. The van der Waals surface area contributed by atoms with Crippen LogP contribution < -0.4 is 11.1 Å². The van der Waals surface area contributed by atoms with E-state index in [-0.39, 0.29) is 11.5 Å². The third-order valence-electron chi connectivity index (χ3n) is 4.08. The van der Waals surface area contributed by atoms with Crippen LogP contribution >= 0.6 is 0 Å². The van der Waals surface area contributed by atoms with E-state index < -0.39 is 23.9 Å². The lowest BCUT2D eigenvalue weighted by Crippen LogP contribution is -2.30. The molecule has 0 saturated heterocycles. The fraction of sp³-hybridized carbons (Fsp3) is 0.263. The topological polar surface area (TPSA) is 131 Å². The average molecular weight is 371 g/mol. The number of amides is 2. The Kier molecular flexibility index (Phi) is 5.79. The Morgan fingerprint density at radius 2 is 1.70 bits per heavy atom. The monoisotopic (exact) mass is 371 g/mol. The van der Waals surface area contributed by atoms with E-state index in [1.54, 1.807) is 13.8 Å². The van der Waals surface area contributed by atoms with E-state index in [0.717, 1.165) is 0 Å². The lowest BCUT2D eigenvalue weighted by Gasteiger charge is -2.13. The number of carbonyl (C=O) groups is 4. The summed E-state index contributed by atoms with van der Waals surface area (Å²) >= 11 is 0. The van der Waals surface area contributed by atoms with Crippen molar-refractivity contribution in [2.45, 2.75) is 33.8 Å². The number of ketones is 1. The summed E-state index contributed by atoms with van der Waals surface area (Å²) in [6.07, 6.45) is -1.07. The van der Waals surface area contributed by atoms with Crippen LogP contribution in [0.5, 0.6) is 0 Å². The highest BCUT2D eigenvalue weighted by Gasteiger charge is 2.24. The van der Waals surface area contributed by atoms with Crippen molar-refractivity contribution in [1.29, 1.82) is 0 Å². The largest absolute Gasteiger partial charge is 0.448 e. The maximum absolute atomic E-state index is 12.3. The van der Waals surface area contributed by atoms with Crippen molar-refractivity contribution >= 4 is 29.3 Å². The van der Waals surface area contributed by atoms with Crippen LogP contribution in [-0.4, -0.2) is 34.7 Å². The zero-order valence-electron chi connectivity index (χ0n) is 15.5. The van der Waals surface area contributed by atoms with Crippen molar-refractivity contribution in [3.63, 3.8) is 0 Å². The number of aryl methyl sites for hydroxylation is 1. The number of nitrogens with one attached hydrogen (secondary N) is 2. The number of rotatable bonds is 6. The molecule has 0 radical (unpaired) electrons. The molecule has 142 valence electrons. The third kappa shape index (κ3) is 4.41. The van der Waals surface area contributed by atoms with E-state index in [0.29, 0.717) is 28.1 Å². The van der Waals surface area contributed by atoms with Gasteiger partial charge in [-0.05, 0) is 57.5 Å². The number of hydrogen-bond donors (Lipinski definition) is 3. The lowest BCUT2D eigenvalue weighted by atomic mass is 10.1. The second kappa shape index (κ2) is 7.86. The average Bonchev–Trinajstić information content (AvgIpc) is 2.89. The van der Waals surface area contributed by atoms with Crippen LogP contribution in [0.25, 0.3) is 0 Å². The van der Waals surface area contributed by atoms with Crippen LogP contribution in [0.4, 0.5) is 5.69 Å². The van der Waals surface area contributed by atoms with Crippen LogP contribution in [0.15, 0.2) is 24.3 Å². The molecule has 27 heavy (non-hydrogen) atoms. The second-order valence-corrected chi connectivity index (χ2v) is 6.16. The molecule has 0 aliphatic heterocycles. The quantitative estimate of drug-likeness (QED) is 0.529. The van der Waals surface area contributed by atoms with Crippen LogP contribution in [0.3, 0.4) is 0 Å². The maximum Gasteiger partial charge on any atom is 0.355 e. The first-order valence-corrected chi connectivity index (χ1v) is 8.23. The number of Topliss-reactive ketones (excluding diaryl/α,β-unsaturated/α-hetero) is 1. The molecule has 1 aromatic heterocycles. The molecule has 0 saturated carbocycles. The molecule has 0 fully saturated rings. The van der Waals surface area contributed by atoms with Gasteiger partial charge >= 0.3 is 5.97 Å². The van der Waals surface area contributed by atoms with Crippen LogP contribution in [0.2, 0.25) is 0 Å². The molecule has 0 bridgehead atoms. The highest BCUT2D eigenvalue weighted by Crippen LogP contribution is 2.20. The molecule has 0 aliphatic carbocycles. The minimum Gasteiger partial charge on any atom is -0.448 e. The summed E-state index contributed by atoms with van der Waals surface area (Å²) in [4.78, 5) is 50.1. The molecule has 4 N–H and O–H groups in total. The molecule has 0 unspecified atom stereocenters. The van der Waals surface area contributed by atoms with Gasteiger partial charge < -0.3 is 20.8 Å². The lowest BCUT2D eigenvalue weighted by molar-refractivity contribution is -0.123. The Hall–Kier alpha value is -3.42. The van der Waals surface area contributed by atoms with Gasteiger partial charge in [0.1, 0.15) is 5.69 Å². The van der Waals surface area contributed by atoms with Crippen molar-refractivity contribution in [3.05, 3.63) is 52.3 Å². The van der Waals surface area contributed by atoms with Gasteiger partial charge in [0.2, 0.25) is 5.91 Å². The number of benzene rings is 1. The minimum atomic E-state index is -1.07. The highest BCUT2D eigenvalue weighted by atomic mass is 16.5. The highest BCUT2D eigenvalue weighted by molar-refractivity contribution is 6.02. The van der Waals surface area contributed by atoms with Crippen LogP contribution in [-0.2, 0) is 9.53 Å². The van der Waals surface area contributed by atoms with E-state index in [2.05, 4.69) is 10.3 Å². The molecule has 2 aromatic rings. The number of H-pyrrole nitrogens is 1. The van der Waals surface area contributed by atoms with E-state index in [9.17, 15) is 19.2 Å². The number of carbonyl (C=O) groups excluding carboxylic acids is 4. The molecule has 2 amide bonds. The Morgan fingerprint density at radius 1 is 1.11 bits per heavy atom. The summed E-state index contributed by atoms with van der Waals surface area (Å²) in [5, 5.41) is 2.58. The number of primary amides is 1. The molecule has 0 spiro atoms. The van der Waals surface area contributed by atoms with Gasteiger partial charge in [-0.3, -0.25) is 14.4 Å². The molecular formula is C19H21N3O5. The van der Waals surface area contributed by atoms with Gasteiger partial charge in [0.25, 0.3) is 5.91 Å². The summed E-state index contributed by atoms with van der Waals surface area (Å²) in [7, 11) is 0. The van der Waals surface area contributed by atoms with Gasteiger partial charge in [-0.25, -0.2) is 4.79 Å². The zero-order chi connectivity index (χ0) is 20.3. The number of hydrogen-bond acceptors (Lipinski definition) is 5. The first-order chi connectivity index (χ1) is 12.6. The number of ether oxygens (including phenoxy) is 1. The second-order valence-electron chi connectivity index (χ2n) is 6.16. The molecule has 8 heteroatoms. The standard InChI is InChI=1S/C19H21N3O5/c1-9-15(11(3)23)10(2)21-16(9)19(26)27-12(4)18(25)22-14-7-5-13(6-8-14)17(20)24/h5-8,12,21H,1-4H3,(H2,20,24)(H,22,25)/t12-/m0/s1. The number of aromatic amines is 1. The normalized spacial score (nSPS) is 11.6. The Bertz CT molecular complexity index is 912. The molecular weight excluding hydrogens is 350 g/mol. The summed E-state index contributed by atoms with van der Waals surface area (Å²) in [6, 6.07) is 5.99. The SMILES string of the molecule is CC(=O)c1c(C)[nH]c(C(=O)O[C@@H](C)C(=O)Nc2ccc(C(N)=O)cc2)c1C. The molecule has 2 rings (SSSR count). The van der Waals surface area contributed by atoms with Crippen molar-refractivity contribution in [2.75, 3.05) is 5.32 Å². The third-order valence-corrected chi connectivity index (χ3v) is 4.08. The van der Waals surface area contributed by atoms with Crippen molar-refractivity contribution in [2.24, 2.45) is 5.73 Å². The molecule has 8 nitrogen and oxygen atoms in total. The van der Waals surface area contributed by atoms with Gasteiger partial charge in [-0.1, -0.05) is 0 Å². The summed E-state index contributed by atoms with van der Waals surface area (Å²) in [5.74, 6) is -2.00. The van der Waals surface area contributed by atoms with Gasteiger partial charge in [0.05, 0.1) is 0 Å². The predicted molar refractivity (Wildman–Crippen MR) is 98.7 cm³/mol. The number of aromatic nitrogens is 1. The zero-order valence-corrected chi connectivity index (χ0v) is 15.5. The maximum atomic E-state index is 12.3. The van der Waals surface area contributed by atoms with E-state index in [1.165, 1.54) is 38.1 Å².